The molecule has 0 unspecified atom stereocenters. The fourth-order valence-corrected chi connectivity index (χ4v) is 3.69. The molecule has 3 aromatic rings. The Balaban J connectivity index is 1.72. The van der Waals surface area contributed by atoms with Crippen LogP contribution in [0, 0.1) is 0 Å². The van der Waals surface area contributed by atoms with Gasteiger partial charge in [0.25, 0.3) is 5.56 Å². The van der Waals surface area contributed by atoms with E-state index in [0.717, 1.165) is 28.9 Å². The first-order chi connectivity index (χ1) is 12.1. The van der Waals surface area contributed by atoms with Crippen LogP contribution in [0.3, 0.4) is 0 Å². The van der Waals surface area contributed by atoms with Crippen molar-refractivity contribution < 1.29 is 4.74 Å². The van der Waals surface area contributed by atoms with Gasteiger partial charge in [0, 0.05) is 11.4 Å². The van der Waals surface area contributed by atoms with Gasteiger partial charge in [-0.2, -0.15) is 0 Å². The second kappa shape index (κ2) is 7.80. The molecule has 0 atom stereocenters. The zero-order chi connectivity index (χ0) is 17.8. The fraction of sp³-hybridized carbons (Fsp3) is 0.368. The highest BCUT2D eigenvalue weighted by Gasteiger charge is 2.10. The van der Waals surface area contributed by atoms with Crippen molar-refractivity contribution in [3.8, 4) is 5.75 Å². The Hall–Kier alpha value is -2.18. The molecule has 0 saturated carbocycles. The van der Waals surface area contributed by atoms with E-state index >= 15 is 0 Å². The van der Waals surface area contributed by atoms with E-state index in [1.807, 2.05) is 32.2 Å². The lowest BCUT2D eigenvalue weighted by molar-refractivity contribution is 0.255. The average Bonchev–Trinajstić information content (AvgIpc) is 3.04. The Morgan fingerprint density at radius 1 is 1.24 bits per heavy atom. The molecule has 3 rings (SSSR count). The standard InChI is InChI=1S/C19H23N3O2S/c1-4-16-10-17-18(25-16)20-12-22(19(17)23)13-21(3)11-14-6-8-15(9-7-14)24-5-2/h6-10,12H,4-5,11,13H2,1-3H3. The molecule has 0 aliphatic rings. The molecular weight excluding hydrogens is 334 g/mol. The minimum atomic E-state index is 0.0273. The lowest BCUT2D eigenvalue weighted by Crippen LogP contribution is -2.29. The van der Waals surface area contributed by atoms with Crippen molar-refractivity contribution in [2.75, 3.05) is 13.7 Å². The van der Waals surface area contributed by atoms with Crippen molar-refractivity contribution >= 4 is 21.6 Å². The number of aromatic nitrogens is 2. The summed E-state index contributed by atoms with van der Waals surface area (Å²) in [5.74, 6) is 0.879. The monoisotopic (exact) mass is 357 g/mol. The predicted octanol–water partition coefficient (Wildman–Crippen LogP) is 3.51. The molecule has 0 aliphatic carbocycles. The number of ether oxygens (including phenoxy) is 1. The Morgan fingerprint density at radius 3 is 2.68 bits per heavy atom. The maximum absolute atomic E-state index is 12.6. The van der Waals surface area contributed by atoms with Crippen LogP contribution < -0.4 is 10.3 Å². The van der Waals surface area contributed by atoms with E-state index in [0.29, 0.717) is 13.3 Å². The third-order valence-electron chi connectivity index (χ3n) is 4.00. The van der Waals surface area contributed by atoms with Crippen LogP contribution in [-0.2, 0) is 19.6 Å². The first-order valence-corrected chi connectivity index (χ1v) is 9.30. The first-order valence-electron chi connectivity index (χ1n) is 8.48. The first kappa shape index (κ1) is 17.6. The lowest BCUT2D eigenvalue weighted by Gasteiger charge is -2.18. The second-order valence-electron chi connectivity index (χ2n) is 6.04. The van der Waals surface area contributed by atoms with E-state index in [1.165, 1.54) is 10.4 Å². The molecule has 0 bridgehead atoms. The third kappa shape index (κ3) is 4.08. The summed E-state index contributed by atoms with van der Waals surface area (Å²) in [5, 5.41) is 0.721. The number of hydrogen-bond acceptors (Lipinski definition) is 5. The molecule has 0 N–H and O–H groups in total. The Morgan fingerprint density at radius 2 is 2.00 bits per heavy atom. The topological polar surface area (TPSA) is 47.4 Å². The highest BCUT2D eigenvalue weighted by atomic mass is 32.1. The van der Waals surface area contributed by atoms with Crippen LogP contribution in [0.1, 0.15) is 24.3 Å². The second-order valence-corrected chi connectivity index (χ2v) is 7.15. The largest absolute Gasteiger partial charge is 0.494 e. The summed E-state index contributed by atoms with van der Waals surface area (Å²) in [7, 11) is 2.00. The number of hydrogen-bond donors (Lipinski definition) is 0. The molecule has 1 aromatic carbocycles. The van der Waals surface area contributed by atoms with Crippen LogP contribution in [0.4, 0.5) is 0 Å². The van der Waals surface area contributed by atoms with Crippen LogP contribution in [0.5, 0.6) is 5.75 Å². The quantitative estimate of drug-likeness (QED) is 0.649. The lowest BCUT2D eigenvalue weighted by atomic mass is 10.2. The number of aryl methyl sites for hydroxylation is 1. The number of benzene rings is 1. The van der Waals surface area contributed by atoms with Gasteiger partial charge in [0.1, 0.15) is 16.9 Å². The van der Waals surface area contributed by atoms with Gasteiger partial charge in [0.2, 0.25) is 0 Å². The molecule has 0 spiro atoms. The third-order valence-corrected chi connectivity index (χ3v) is 5.19. The number of fused-ring (bicyclic) bond motifs is 1. The van der Waals surface area contributed by atoms with Crippen LogP contribution in [0.25, 0.3) is 10.2 Å². The van der Waals surface area contributed by atoms with Gasteiger partial charge in [-0.1, -0.05) is 19.1 Å². The molecule has 0 fully saturated rings. The van der Waals surface area contributed by atoms with E-state index in [-0.39, 0.29) is 5.56 Å². The summed E-state index contributed by atoms with van der Waals surface area (Å²) in [6, 6.07) is 10.0. The predicted molar refractivity (Wildman–Crippen MR) is 102 cm³/mol. The fourth-order valence-electron chi connectivity index (χ4n) is 2.76. The summed E-state index contributed by atoms with van der Waals surface area (Å²) in [6.45, 7) is 5.99. The molecule has 25 heavy (non-hydrogen) atoms. The highest BCUT2D eigenvalue weighted by Crippen LogP contribution is 2.21. The zero-order valence-electron chi connectivity index (χ0n) is 14.9. The van der Waals surface area contributed by atoms with Gasteiger partial charge in [0.15, 0.2) is 0 Å². The summed E-state index contributed by atoms with van der Waals surface area (Å²) >= 11 is 1.60. The van der Waals surface area contributed by atoms with Gasteiger partial charge in [-0.05, 0) is 44.2 Å². The molecule has 0 amide bonds. The molecule has 6 heteroatoms. The van der Waals surface area contributed by atoms with Crippen LogP contribution in [0.2, 0.25) is 0 Å². The van der Waals surface area contributed by atoms with Gasteiger partial charge in [0.05, 0.1) is 18.7 Å². The van der Waals surface area contributed by atoms with Crippen molar-refractivity contribution in [1.29, 1.82) is 0 Å². The minimum absolute atomic E-state index is 0.0273. The normalized spacial score (nSPS) is 11.4. The smallest absolute Gasteiger partial charge is 0.263 e. The van der Waals surface area contributed by atoms with Gasteiger partial charge in [-0.15, -0.1) is 11.3 Å². The molecule has 0 aliphatic heterocycles. The number of thiophene rings is 1. The number of nitrogens with zero attached hydrogens (tertiary/aromatic N) is 3. The van der Waals surface area contributed by atoms with Crippen LogP contribution in [0.15, 0.2) is 41.5 Å². The Kier molecular flexibility index (Phi) is 5.50. The maximum Gasteiger partial charge on any atom is 0.263 e. The number of rotatable bonds is 7. The van der Waals surface area contributed by atoms with Crippen molar-refractivity contribution in [3.05, 3.63) is 57.5 Å². The Labute approximate surface area is 151 Å². The van der Waals surface area contributed by atoms with Crippen molar-refractivity contribution in [2.24, 2.45) is 0 Å². The van der Waals surface area contributed by atoms with Gasteiger partial charge in [-0.25, -0.2) is 4.98 Å². The molecule has 132 valence electrons. The minimum Gasteiger partial charge on any atom is -0.494 e. The summed E-state index contributed by atoms with van der Waals surface area (Å²) in [5.41, 5.74) is 1.20. The van der Waals surface area contributed by atoms with Crippen molar-refractivity contribution in [3.63, 3.8) is 0 Å². The summed E-state index contributed by atoms with van der Waals surface area (Å²) in [4.78, 5) is 21.2. The highest BCUT2D eigenvalue weighted by molar-refractivity contribution is 7.18. The molecule has 0 radical (unpaired) electrons. The SMILES string of the molecule is CCOc1ccc(CN(C)Cn2cnc3sc(CC)cc3c2=O)cc1. The van der Waals surface area contributed by atoms with Crippen molar-refractivity contribution in [2.45, 2.75) is 33.5 Å². The van der Waals surface area contributed by atoms with Gasteiger partial charge < -0.3 is 4.74 Å². The molecule has 2 heterocycles. The summed E-state index contributed by atoms with van der Waals surface area (Å²) in [6.07, 6.45) is 2.58. The van der Waals surface area contributed by atoms with Gasteiger partial charge in [-0.3, -0.25) is 14.3 Å². The molecule has 5 nitrogen and oxygen atoms in total. The maximum atomic E-state index is 12.6. The molecular formula is C19H23N3O2S. The molecule has 0 saturated heterocycles. The van der Waals surface area contributed by atoms with Gasteiger partial charge >= 0.3 is 0 Å². The Bertz CT molecular complexity index is 899. The average molecular weight is 357 g/mol. The van der Waals surface area contributed by atoms with E-state index in [4.69, 9.17) is 4.74 Å². The van der Waals surface area contributed by atoms with E-state index in [2.05, 4.69) is 28.9 Å². The van der Waals surface area contributed by atoms with Crippen LogP contribution in [-0.4, -0.2) is 28.1 Å². The molecule has 2 aromatic heterocycles. The summed E-state index contributed by atoms with van der Waals surface area (Å²) < 4.78 is 7.13. The van der Waals surface area contributed by atoms with E-state index in [9.17, 15) is 4.79 Å². The van der Waals surface area contributed by atoms with E-state index < -0.39 is 0 Å². The van der Waals surface area contributed by atoms with Crippen molar-refractivity contribution in [1.82, 2.24) is 14.5 Å². The van der Waals surface area contributed by atoms with E-state index in [1.54, 1.807) is 22.2 Å². The zero-order valence-corrected chi connectivity index (χ0v) is 15.7. The van der Waals surface area contributed by atoms with Crippen LogP contribution >= 0.6 is 11.3 Å².